The van der Waals surface area contributed by atoms with Crippen LogP contribution >= 0.6 is 11.6 Å². The summed E-state index contributed by atoms with van der Waals surface area (Å²) in [5.74, 6) is 0.720. The highest BCUT2D eigenvalue weighted by Crippen LogP contribution is 2.27. The monoisotopic (exact) mass is 432 g/mol. The van der Waals surface area contributed by atoms with Crippen LogP contribution in [0.4, 0.5) is 5.69 Å². The predicted octanol–water partition coefficient (Wildman–Crippen LogP) is 4.18. The van der Waals surface area contributed by atoms with Gasteiger partial charge in [-0.05, 0) is 43.2 Å². The maximum absolute atomic E-state index is 12.9. The van der Waals surface area contributed by atoms with Gasteiger partial charge < -0.3 is 9.73 Å². The van der Waals surface area contributed by atoms with Crippen molar-refractivity contribution in [2.75, 3.05) is 18.4 Å². The molecule has 0 bridgehead atoms. The Morgan fingerprint density at radius 1 is 1.03 bits per heavy atom. The molecule has 1 N–H and O–H groups in total. The number of hydrogen-bond donors (Lipinski definition) is 1. The van der Waals surface area contributed by atoms with Crippen molar-refractivity contribution in [3.8, 4) is 11.5 Å². The van der Waals surface area contributed by atoms with E-state index in [1.54, 1.807) is 34.6 Å². The number of piperidine rings is 1. The molecule has 1 aromatic heterocycles. The van der Waals surface area contributed by atoms with Gasteiger partial charge >= 0.3 is 0 Å². The van der Waals surface area contributed by atoms with Crippen molar-refractivity contribution in [3.05, 3.63) is 59.4 Å². The van der Waals surface area contributed by atoms with Crippen molar-refractivity contribution in [2.45, 2.75) is 30.7 Å². The fraction of sp³-hybridized carbons (Fsp3) is 0.300. The quantitative estimate of drug-likeness (QED) is 0.628. The predicted molar refractivity (Wildman–Crippen MR) is 111 cm³/mol. The summed E-state index contributed by atoms with van der Waals surface area (Å²) in [5, 5.41) is 11.7. The molecule has 9 heteroatoms. The number of nitrogens with one attached hydrogen (secondary N) is 1. The third kappa shape index (κ3) is 4.44. The number of nitrogens with zero attached hydrogens (tertiary/aromatic N) is 3. The second kappa shape index (κ2) is 8.52. The van der Waals surface area contributed by atoms with E-state index in [0.29, 0.717) is 41.1 Å². The molecule has 2 heterocycles. The highest BCUT2D eigenvalue weighted by Gasteiger charge is 2.26. The van der Waals surface area contributed by atoms with Crippen LogP contribution in [0, 0.1) is 0 Å². The molecular weight excluding hydrogens is 412 g/mol. The van der Waals surface area contributed by atoms with Gasteiger partial charge in [0.15, 0.2) is 0 Å². The molecule has 0 radical (unpaired) electrons. The lowest BCUT2D eigenvalue weighted by molar-refractivity contribution is 0.346. The lowest BCUT2D eigenvalue weighted by Gasteiger charge is -2.26. The number of rotatable bonds is 6. The van der Waals surface area contributed by atoms with Gasteiger partial charge in [0.2, 0.25) is 21.8 Å². The minimum atomic E-state index is -3.48. The van der Waals surface area contributed by atoms with Gasteiger partial charge in [0.1, 0.15) is 0 Å². The first kappa shape index (κ1) is 19.9. The normalized spacial score (nSPS) is 15.3. The fourth-order valence-electron chi connectivity index (χ4n) is 3.27. The summed E-state index contributed by atoms with van der Waals surface area (Å²) in [4.78, 5) is 0.284. The van der Waals surface area contributed by atoms with Crippen LogP contribution in [-0.4, -0.2) is 36.0 Å². The Labute approximate surface area is 174 Å². The molecule has 152 valence electrons. The second-order valence-electron chi connectivity index (χ2n) is 6.83. The molecule has 29 heavy (non-hydrogen) atoms. The summed E-state index contributed by atoms with van der Waals surface area (Å²) in [7, 11) is -3.48. The maximum Gasteiger partial charge on any atom is 0.249 e. The molecule has 1 aliphatic heterocycles. The van der Waals surface area contributed by atoms with E-state index in [1.165, 1.54) is 0 Å². The van der Waals surface area contributed by atoms with Crippen molar-refractivity contribution in [2.24, 2.45) is 0 Å². The molecule has 0 spiro atoms. The topological polar surface area (TPSA) is 88.3 Å². The molecule has 2 aromatic carbocycles. The molecule has 1 fully saturated rings. The summed E-state index contributed by atoms with van der Waals surface area (Å²) in [6.45, 7) is 1.42. The van der Waals surface area contributed by atoms with Gasteiger partial charge in [-0.2, -0.15) is 4.31 Å². The Bertz CT molecular complexity index is 1090. The molecule has 0 aliphatic carbocycles. The first-order chi connectivity index (χ1) is 14.0. The standard InChI is InChI=1S/C20H21ClN4O3S/c21-18-10-3-2-9-17(18)20-24-23-19(28-20)14-22-15-7-6-8-16(13-15)29(26,27)25-11-4-1-5-12-25/h2-3,6-10,13,22H,1,4-5,11-12,14H2. The fourth-order valence-corrected chi connectivity index (χ4v) is 5.05. The van der Waals surface area contributed by atoms with Gasteiger partial charge in [0.25, 0.3) is 0 Å². The average molecular weight is 433 g/mol. The zero-order valence-electron chi connectivity index (χ0n) is 15.7. The van der Waals surface area contributed by atoms with Crippen LogP contribution in [0.2, 0.25) is 5.02 Å². The van der Waals surface area contributed by atoms with E-state index in [0.717, 1.165) is 19.3 Å². The lowest BCUT2D eigenvalue weighted by Crippen LogP contribution is -2.35. The van der Waals surface area contributed by atoms with Crippen molar-refractivity contribution in [3.63, 3.8) is 0 Å². The van der Waals surface area contributed by atoms with Crippen LogP contribution in [0.3, 0.4) is 0 Å². The van der Waals surface area contributed by atoms with Crippen LogP contribution in [0.1, 0.15) is 25.2 Å². The zero-order chi connectivity index (χ0) is 20.3. The first-order valence-corrected chi connectivity index (χ1v) is 11.3. The number of hydrogen-bond acceptors (Lipinski definition) is 6. The molecule has 0 atom stereocenters. The van der Waals surface area contributed by atoms with Crippen LogP contribution in [0.15, 0.2) is 57.8 Å². The molecule has 0 amide bonds. The average Bonchev–Trinajstić information content (AvgIpc) is 3.22. The number of aromatic nitrogens is 2. The minimum absolute atomic E-state index is 0.269. The van der Waals surface area contributed by atoms with Crippen LogP contribution in [0.5, 0.6) is 0 Å². The van der Waals surface area contributed by atoms with Gasteiger partial charge in [0.05, 0.1) is 22.0 Å². The third-order valence-electron chi connectivity index (χ3n) is 4.80. The molecule has 1 aliphatic rings. The highest BCUT2D eigenvalue weighted by molar-refractivity contribution is 7.89. The number of benzene rings is 2. The van der Waals surface area contributed by atoms with Gasteiger partial charge in [-0.1, -0.05) is 36.2 Å². The highest BCUT2D eigenvalue weighted by atomic mass is 35.5. The van der Waals surface area contributed by atoms with Gasteiger partial charge in [0, 0.05) is 18.8 Å². The summed E-state index contributed by atoms with van der Waals surface area (Å²) < 4.78 is 32.9. The largest absolute Gasteiger partial charge is 0.419 e. The molecule has 0 saturated carbocycles. The van der Waals surface area contributed by atoms with E-state index in [2.05, 4.69) is 15.5 Å². The molecule has 4 rings (SSSR count). The summed E-state index contributed by atoms with van der Waals surface area (Å²) in [5.41, 5.74) is 1.34. The number of sulfonamides is 1. The Hall–Kier alpha value is -2.42. The molecule has 1 saturated heterocycles. The third-order valence-corrected chi connectivity index (χ3v) is 7.03. The second-order valence-corrected chi connectivity index (χ2v) is 9.17. The van der Waals surface area contributed by atoms with Crippen molar-refractivity contribution in [1.82, 2.24) is 14.5 Å². The number of anilines is 1. The summed E-state index contributed by atoms with van der Waals surface area (Å²) in [6, 6.07) is 14.0. The van der Waals surface area contributed by atoms with Crippen LogP contribution in [-0.2, 0) is 16.6 Å². The zero-order valence-corrected chi connectivity index (χ0v) is 17.3. The van der Waals surface area contributed by atoms with E-state index in [-0.39, 0.29) is 11.4 Å². The first-order valence-electron chi connectivity index (χ1n) is 9.45. The Morgan fingerprint density at radius 2 is 1.83 bits per heavy atom. The van der Waals surface area contributed by atoms with Gasteiger partial charge in [-0.25, -0.2) is 8.42 Å². The van der Waals surface area contributed by atoms with E-state index in [9.17, 15) is 8.42 Å². The smallest absolute Gasteiger partial charge is 0.249 e. The Kier molecular flexibility index (Phi) is 5.84. The molecular formula is C20H21ClN4O3S. The molecule has 3 aromatic rings. The van der Waals surface area contributed by atoms with E-state index >= 15 is 0 Å². The van der Waals surface area contributed by atoms with Crippen molar-refractivity contribution < 1.29 is 12.8 Å². The van der Waals surface area contributed by atoms with Gasteiger partial charge in [-0.3, -0.25) is 0 Å². The van der Waals surface area contributed by atoms with Crippen molar-refractivity contribution in [1.29, 1.82) is 0 Å². The molecule has 7 nitrogen and oxygen atoms in total. The van der Waals surface area contributed by atoms with E-state index in [4.69, 9.17) is 16.0 Å². The maximum atomic E-state index is 12.9. The van der Waals surface area contributed by atoms with E-state index in [1.807, 2.05) is 18.2 Å². The SMILES string of the molecule is O=S(=O)(c1cccc(NCc2nnc(-c3ccccc3Cl)o2)c1)N1CCCCC1. The van der Waals surface area contributed by atoms with Crippen LogP contribution in [0.25, 0.3) is 11.5 Å². The minimum Gasteiger partial charge on any atom is -0.419 e. The molecule has 0 unspecified atom stereocenters. The Balaban J connectivity index is 1.46. The van der Waals surface area contributed by atoms with Crippen LogP contribution < -0.4 is 5.32 Å². The van der Waals surface area contributed by atoms with Crippen molar-refractivity contribution >= 4 is 27.3 Å². The Morgan fingerprint density at radius 3 is 2.62 bits per heavy atom. The van der Waals surface area contributed by atoms with E-state index < -0.39 is 10.0 Å². The summed E-state index contributed by atoms with van der Waals surface area (Å²) >= 11 is 6.16. The lowest BCUT2D eigenvalue weighted by atomic mass is 10.2. The van der Waals surface area contributed by atoms with Gasteiger partial charge in [-0.15, -0.1) is 10.2 Å². The number of halogens is 1. The summed E-state index contributed by atoms with van der Waals surface area (Å²) in [6.07, 6.45) is 2.89.